The molecule has 186 valence electrons. The molecular formula is C28H32F2N2O3. The Bertz CT molecular complexity index is 1150. The SMILES string of the molecule is CC(C)c1c(-c2cccc(F)c2F)c(-c2ccccc2)nn1CC1CCC(COCC(=O)O)CC1. The fourth-order valence-electron chi connectivity index (χ4n) is 5.10. The number of carboxylic acid groups (broad SMARTS) is 1. The second kappa shape index (κ2) is 11.1. The molecule has 1 N–H and O–H groups in total. The molecule has 3 aromatic rings. The van der Waals surface area contributed by atoms with Crippen molar-refractivity contribution in [2.45, 2.75) is 52.0 Å². The maximum Gasteiger partial charge on any atom is 0.329 e. The molecule has 7 heteroatoms. The molecule has 1 aromatic heterocycles. The van der Waals surface area contributed by atoms with Crippen LogP contribution in [-0.4, -0.2) is 34.1 Å². The number of carbonyl (C=O) groups is 1. The molecule has 1 heterocycles. The summed E-state index contributed by atoms with van der Waals surface area (Å²) in [6.45, 7) is 5.03. The summed E-state index contributed by atoms with van der Waals surface area (Å²) in [6, 6.07) is 14.0. The molecule has 1 aliphatic rings. The van der Waals surface area contributed by atoms with Crippen LogP contribution in [0.5, 0.6) is 0 Å². The number of carboxylic acids is 1. The van der Waals surface area contributed by atoms with Gasteiger partial charge in [-0.15, -0.1) is 0 Å². The number of hydrogen-bond donors (Lipinski definition) is 1. The predicted octanol–water partition coefficient (Wildman–Crippen LogP) is 6.53. The molecule has 0 bridgehead atoms. The Labute approximate surface area is 204 Å². The van der Waals surface area contributed by atoms with Gasteiger partial charge in [0.2, 0.25) is 0 Å². The van der Waals surface area contributed by atoms with Gasteiger partial charge in [0, 0.05) is 28.9 Å². The van der Waals surface area contributed by atoms with E-state index in [4.69, 9.17) is 14.9 Å². The maximum absolute atomic E-state index is 15.0. The summed E-state index contributed by atoms with van der Waals surface area (Å²) < 4.78 is 36.6. The van der Waals surface area contributed by atoms with Crippen LogP contribution in [0, 0.1) is 23.5 Å². The minimum atomic E-state index is -0.946. The molecule has 4 rings (SSSR count). The zero-order valence-corrected chi connectivity index (χ0v) is 20.2. The van der Waals surface area contributed by atoms with Crippen molar-refractivity contribution in [3.05, 3.63) is 65.9 Å². The van der Waals surface area contributed by atoms with Crippen molar-refractivity contribution in [2.24, 2.45) is 11.8 Å². The van der Waals surface area contributed by atoms with Crippen LogP contribution in [0.1, 0.15) is 51.1 Å². The zero-order chi connectivity index (χ0) is 24.9. The number of nitrogens with zero attached hydrogens (tertiary/aromatic N) is 2. The molecule has 0 aliphatic heterocycles. The number of rotatable bonds is 9. The minimum Gasteiger partial charge on any atom is -0.480 e. The van der Waals surface area contributed by atoms with E-state index in [-0.39, 0.29) is 18.1 Å². The second-order valence-electron chi connectivity index (χ2n) is 9.71. The standard InChI is InChI=1S/C28H32F2N2O3/c1-18(2)28-25(22-9-6-10-23(29)26(22)30)27(21-7-4-3-5-8-21)31-32(28)15-19-11-13-20(14-12-19)16-35-17-24(33)34/h3-10,18-20H,11-17H2,1-2H3,(H,33,34). The van der Waals surface area contributed by atoms with Gasteiger partial charge >= 0.3 is 5.97 Å². The lowest BCUT2D eigenvalue weighted by Gasteiger charge is -2.29. The largest absolute Gasteiger partial charge is 0.480 e. The van der Waals surface area contributed by atoms with Crippen LogP contribution in [0.2, 0.25) is 0 Å². The van der Waals surface area contributed by atoms with Crippen LogP contribution in [0.4, 0.5) is 8.78 Å². The topological polar surface area (TPSA) is 64.4 Å². The van der Waals surface area contributed by atoms with E-state index in [1.165, 1.54) is 6.07 Å². The van der Waals surface area contributed by atoms with Gasteiger partial charge in [-0.25, -0.2) is 13.6 Å². The van der Waals surface area contributed by atoms with Gasteiger partial charge in [0.15, 0.2) is 11.6 Å². The Balaban J connectivity index is 1.64. The van der Waals surface area contributed by atoms with Gasteiger partial charge in [0.1, 0.15) is 12.3 Å². The molecule has 0 amide bonds. The number of aromatic nitrogens is 2. The van der Waals surface area contributed by atoms with Crippen LogP contribution in [-0.2, 0) is 16.1 Å². The Hall–Kier alpha value is -3.06. The highest BCUT2D eigenvalue weighted by atomic mass is 19.2. The maximum atomic E-state index is 15.0. The van der Waals surface area contributed by atoms with Crippen LogP contribution in [0.3, 0.4) is 0 Å². The van der Waals surface area contributed by atoms with Crippen molar-refractivity contribution in [1.29, 1.82) is 0 Å². The van der Waals surface area contributed by atoms with E-state index in [2.05, 4.69) is 13.8 Å². The monoisotopic (exact) mass is 482 g/mol. The molecule has 0 saturated heterocycles. The fraction of sp³-hybridized carbons (Fsp3) is 0.429. The fourth-order valence-corrected chi connectivity index (χ4v) is 5.10. The van der Waals surface area contributed by atoms with Gasteiger partial charge in [0.25, 0.3) is 0 Å². The van der Waals surface area contributed by atoms with Gasteiger partial charge in [-0.2, -0.15) is 5.10 Å². The molecule has 1 fully saturated rings. The van der Waals surface area contributed by atoms with E-state index in [1.54, 1.807) is 6.07 Å². The quantitative estimate of drug-likeness (QED) is 0.377. The summed E-state index contributed by atoms with van der Waals surface area (Å²) >= 11 is 0. The molecule has 0 unspecified atom stereocenters. The first-order valence-electron chi connectivity index (χ1n) is 12.2. The van der Waals surface area contributed by atoms with Crippen molar-refractivity contribution in [1.82, 2.24) is 9.78 Å². The molecule has 0 spiro atoms. The molecule has 0 atom stereocenters. The van der Waals surface area contributed by atoms with Crippen molar-refractivity contribution in [3.8, 4) is 22.4 Å². The molecular weight excluding hydrogens is 450 g/mol. The van der Waals surface area contributed by atoms with E-state index in [0.717, 1.165) is 43.0 Å². The number of benzene rings is 2. The van der Waals surface area contributed by atoms with Crippen molar-refractivity contribution >= 4 is 5.97 Å². The first kappa shape index (κ1) is 25.0. The van der Waals surface area contributed by atoms with Crippen molar-refractivity contribution in [2.75, 3.05) is 13.2 Å². The first-order chi connectivity index (χ1) is 16.8. The Morgan fingerprint density at radius 2 is 1.74 bits per heavy atom. The van der Waals surface area contributed by atoms with E-state index < -0.39 is 17.6 Å². The number of aliphatic carboxylic acids is 1. The molecule has 2 aromatic carbocycles. The third kappa shape index (κ3) is 5.78. The smallest absolute Gasteiger partial charge is 0.329 e. The Morgan fingerprint density at radius 1 is 1.06 bits per heavy atom. The average molecular weight is 483 g/mol. The van der Waals surface area contributed by atoms with E-state index in [0.29, 0.717) is 36.2 Å². The number of halogens is 2. The Morgan fingerprint density at radius 3 is 2.40 bits per heavy atom. The van der Waals surface area contributed by atoms with Gasteiger partial charge in [-0.1, -0.05) is 56.3 Å². The van der Waals surface area contributed by atoms with Crippen LogP contribution >= 0.6 is 0 Å². The van der Waals surface area contributed by atoms with Gasteiger partial charge < -0.3 is 9.84 Å². The number of ether oxygens (including phenoxy) is 1. The lowest BCUT2D eigenvalue weighted by Crippen LogP contribution is -2.24. The second-order valence-corrected chi connectivity index (χ2v) is 9.71. The van der Waals surface area contributed by atoms with E-state index in [9.17, 15) is 9.18 Å². The Kier molecular flexibility index (Phi) is 7.96. The normalized spacial score (nSPS) is 18.2. The van der Waals surface area contributed by atoms with Gasteiger partial charge in [-0.05, 0) is 49.5 Å². The minimum absolute atomic E-state index is 0.0541. The molecule has 1 aliphatic carbocycles. The number of hydrogen-bond acceptors (Lipinski definition) is 3. The lowest BCUT2D eigenvalue weighted by atomic mass is 9.82. The molecule has 5 nitrogen and oxygen atoms in total. The van der Waals surface area contributed by atoms with Crippen LogP contribution in [0.15, 0.2) is 48.5 Å². The summed E-state index contributed by atoms with van der Waals surface area (Å²) in [5.74, 6) is -1.85. The zero-order valence-electron chi connectivity index (χ0n) is 20.2. The van der Waals surface area contributed by atoms with Gasteiger partial charge in [-0.3, -0.25) is 4.68 Å². The predicted molar refractivity (Wildman–Crippen MR) is 131 cm³/mol. The summed E-state index contributed by atoms with van der Waals surface area (Å²) in [6.07, 6.45) is 3.92. The third-order valence-corrected chi connectivity index (χ3v) is 6.78. The summed E-state index contributed by atoms with van der Waals surface area (Å²) in [4.78, 5) is 10.7. The first-order valence-corrected chi connectivity index (χ1v) is 12.2. The highest BCUT2D eigenvalue weighted by molar-refractivity contribution is 5.83. The van der Waals surface area contributed by atoms with E-state index in [1.807, 2.05) is 35.0 Å². The van der Waals surface area contributed by atoms with Gasteiger partial charge in [0.05, 0.1) is 6.61 Å². The molecule has 1 saturated carbocycles. The van der Waals surface area contributed by atoms with Crippen LogP contribution in [0.25, 0.3) is 22.4 Å². The van der Waals surface area contributed by atoms with Crippen molar-refractivity contribution in [3.63, 3.8) is 0 Å². The summed E-state index contributed by atoms with van der Waals surface area (Å²) in [5.41, 5.74) is 3.32. The van der Waals surface area contributed by atoms with Crippen molar-refractivity contribution < 1.29 is 23.4 Å². The van der Waals surface area contributed by atoms with Crippen LogP contribution < -0.4 is 0 Å². The highest BCUT2D eigenvalue weighted by Crippen LogP contribution is 2.40. The van der Waals surface area contributed by atoms with E-state index >= 15 is 4.39 Å². The molecule has 0 radical (unpaired) electrons. The molecule has 35 heavy (non-hydrogen) atoms. The lowest BCUT2D eigenvalue weighted by molar-refractivity contribution is -0.142. The third-order valence-electron chi connectivity index (χ3n) is 6.78. The average Bonchev–Trinajstić information content (AvgIpc) is 3.21. The summed E-state index contributed by atoms with van der Waals surface area (Å²) in [7, 11) is 0. The summed E-state index contributed by atoms with van der Waals surface area (Å²) in [5, 5.41) is 13.7. The highest BCUT2D eigenvalue weighted by Gasteiger charge is 2.28.